The average Bonchev–Trinajstić information content (AvgIpc) is 2.59. The van der Waals surface area contributed by atoms with Crippen LogP contribution in [0.25, 0.3) is 0 Å². The summed E-state index contributed by atoms with van der Waals surface area (Å²) < 4.78 is 0. The molecule has 0 aromatic rings. The first-order chi connectivity index (χ1) is 4.67. The summed E-state index contributed by atoms with van der Waals surface area (Å²) in [6.45, 7) is 4.85. The second kappa shape index (κ2) is 1.99. The number of rotatable bonds is 1. The van der Waals surface area contributed by atoms with Crippen molar-refractivity contribution in [2.45, 2.75) is 46.0 Å². The van der Waals surface area contributed by atoms with Gasteiger partial charge in [0, 0.05) is 0 Å². The molecule has 2 rings (SSSR count). The number of hydrogen-bond acceptors (Lipinski definition) is 0. The summed E-state index contributed by atoms with van der Waals surface area (Å²) in [5.74, 6) is 2.27. The van der Waals surface area contributed by atoms with Gasteiger partial charge in [-0.25, -0.2) is 0 Å². The van der Waals surface area contributed by atoms with Gasteiger partial charge in [0.05, 0.1) is 0 Å². The second-order valence-corrected chi connectivity index (χ2v) is 5.00. The predicted octanol–water partition coefficient (Wildman–Crippen LogP) is 3.22. The van der Waals surface area contributed by atoms with Gasteiger partial charge in [-0.2, -0.15) is 0 Å². The Morgan fingerprint density at radius 2 is 1.70 bits per heavy atom. The van der Waals surface area contributed by atoms with Gasteiger partial charge in [0.2, 0.25) is 0 Å². The maximum atomic E-state index is 2.43. The third-order valence-electron chi connectivity index (χ3n) is 3.30. The highest BCUT2D eigenvalue weighted by Gasteiger charge is 2.39. The second-order valence-electron chi connectivity index (χ2n) is 5.00. The first-order valence-corrected chi connectivity index (χ1v) is 4.67. The molecular weight excluding hydrogens is 120 g/mol. The monoisotopic (exact) mass is 138 g/mol. The Morgan fingerprint density at radius 3 is 2.10 bits per heavy atom. The van der Waals surface area contributed by atoms with Crippen molar-refractivity contribution < 1.29 is 0 Å². The highest BCUT2D eigenvalue weighted by Crippen LogP contribution is 2.51. The van der Waals surface area contributed by atoms with E-state index in [0.29, 0.717) is 5.41 Å². The van der Waals surface area contributed by atoms with Gasteiger partial charge < -0.3 is 0 Å². The lowest BCUT2D eigenvalue weighted by molar-refractivity contribution is 0.348. The Kier molecular flexibility index (Phi) is 1.33. The third kappa shape index (κ3) is 1.21. The fourth-order valence-corrected chi connectivity index (χ4v) is 2.46. The Bertz CT molecular complexity index is 131. The quantitative estimate of drug-likeness (QED) is 0.522. The summed E-state index contributed by atoms with van der Waals surface area (Å²) in [6.07, 6.45) is 7.60. The molecule has 0 bridgehead atoms. The molecule has 0 aromatic heterocycles. The van der Waals surface area contributed by atoms with E-state index in [1.165, 1.54) is 19.3 Å². The molecule has 0 saturated heterocycles. The molecule has 0 amide bonds. The summed E-state index contributed by atoms with van der Waals surface area (Å²) in [7, 11) is 0. The smallest absolute Gasteiger partial charge is 0.0351 e. The highest BCUT2D eigenvalue weighted by molar-refractivity contribution is 4.90. The van der Waals surface area contributed by atoms with Crippen molar-refractivity contribution in [3.63, 3.8) is 0 Å². The topological polar surface area (TPSA) is 0 Å². The zero-order valence-corrected chi connectivity index (χ0v) is 7.19. The van der Waals surface area contributed by atoms with Crippen LogP contribution in [0.15, 0.2) is 0 Å². The van der Waals surface area contributed by atoms with Gasteiger partial charge >= 0.3 is 0 Å². The summed E-state index contributed by atoms with van der Waals surface area (Å²) in [4.78, 5) is 0. The number of hydrogen-bond donors (Lipinski definition) is 0. The minimum absolute atomic E-state index is 0.688. The van der Waals surface area contributed by atoms with Gasteiger partial charge in [-0.1, -0.05) is 13.8 Å². The van der Waals surface area contributed by atoms with E-state index in [4.69, 9.17) is 0 Å². The van der Waals surface area contributed by atoms with Crippen molar-refractivity contribution >= 4 is 0 Å². The molecule has 2 aliphatic rings. The van der Waals surface area contributed by atoms with Crippen LogP contribution in [-0.4, -0.2) is 0 Å². The summed E-state index contributed by atoms with van der Waals surface area (Å²) in [5.41, 5.74) is 0.688. The molecule has 0 spiro atoms. The van der Waals surface area contributed by atoms with Crippen molar-refractivity contribution in [2.24, 2.45) is 17.3 Å². The van der Waals surface area contributed by atoms with Crippen LogP contribution in [-0.2, 0) is 0 Å². The van der Waals surface area contributed by atoms with E-state index >= 15 is 0 Å². The molecule has 2 aliphatic carbocycles. The largest absolute Gasteiger partial charge is 0.0599 e. The lowest BCUT2D eigenvalue weighted by Gasteiger charge is -2.16. The highest BCUT2D eigenvalue weighted by atomic mass is 14.4. The minimum atomic E-state index is 0.688. The molecule has 0 nitrogen and oxygen atoms in total. The molecule has 0 heterocycles. The molecule has 1 atom stereocenters. The maximum Gasteiger partial charge on any atom is -0.0351 e. The van der Waals surface area contributed by atoms with E-state index in [-0.39, 0.29) is 0 Å². The van der Waals surface area contributed by atoms with Crippen LogP contribution < -0.4 is 0 Å². The Hall–Kier alpha value is 0. The Labute approximate surface area is 64.0 Å². The van der Waals surface area contributed by atoms with Gasteiger partial charge in [0.1, 0.15) is 0 Å². The van der Waals surface area contributed by atoms with Crippen molar-refractivity contribution in [1.29, 1.82) is 0 Å². The lowest BCUT2D eigenvalue weighted by Crippen LogP contribution is -2.05. The summed E-state index contributed by atoms with van der Waals surface area (Å²) >= 11 is 0. The lowest BCUT2D eigenvalue weighted by atomic mass is 9.89. The van der Waals surface area contributed by atoms with Gasteiger partial charge in [-0.3, -0.25) is 0 Å². The van der Waals surface area contributed by atoms with E-state index < -0.39 is 0 Å². The van der Waals surface area contributed by atoms with Crippen molar-refractivity contribution in [2.75, 3.05) is 0 Å². The van der Waals surface area contributed by atoms with E-state index in [0.717, 1.165) is 11.8 Å². The third-order valence-corrected chi connectivity index (χ3v) is 3.30. The van der Waals surface area contributed by atoms with E-state index in [2.05, 4.69) is 13.8 Å². The predicted molar refractivity (Wildman–Crippen MR) is 43.8 cm³/mol. The molecule has 0 aliphatic heterocycles. The minimum Gasteiger partial charge on any atom is -0.0599 e. The fourth-order valence-electron chi connectivity index (χ4n) is 2.46. The van der Waals surface area contributed by atoms with E-state index in [1.54, 1.807) is 12.8 Å². The van der Waals surface area contributed by atoms with E-state index in [9.17, 15) is 0 Å². The van der Waals surface area contributed by atoms with Gasteiger partial charge in [0.15, 0.2) is 0 Å². The van der Waals surface area contributed by atoms with Crippen molar-refractivity contribution in [1.82, 2.24) is 0 Å². The van der Waals surface area contributed by atoms with Crippen LogP contribution >= 0.6 is 0 Å². The van der Waals surface area contributed by atoms with Gasteiger partial charge in [0.25, 0.3) is 0 Å². The Balaban J connectivity index is 1.92. The van der Waals surface area contributed by atoms with Gasteiger partial charge in [-0.15, -0.1) is 0 Å². The zero-order valence-electron chi connectivity index (χ0n) is 7.19. The van der Waals surface area contributed by atoms with E-state index in [1.807, 2.05) is 0 Å². The molecule has 0 aromatic carbocycles. The first-order valence-electron chi connectivity index (χ1n) is 4.67. The normalized spacial score (nSPS) is 38.4. The van der Waals surface area contributed by atoms with Crippen molar-refractivity contribution in [3.8, 4) is 0 Å². The zero-order chi connectivity index (χ0) is 7.19. The molecule has 0 radical (unpaired) electrons. The van der Waals surface area contributed by atoms with Crippen LogP contribution in [0, 0.1) is 17.3 Å². The van der Waals surface area contributed by atoms with Crippen LogP contribution in [0.2, 0.25) is 0 Å². The van der Waals surface area contributed by atoms with Crippen LogP contribution in [0.3, 0.4) is 0 Å². The Morgan fingerprint density at radius 1 is 1.00 bits per heavy atom. The van der Waals surface area contributed by atoms with Gasteiger partial charge in [-0.05, 0) is 49.4 Å². The molecule has 58 valence electrons. The van der Waals surface area contributed by atoms with Crippen LogP contribution in [0.4, 0.5) is 0 Å². The average molecular weight is 138 g/mol. The molecule has 2 fully saturated rings. The van der Waals surface area contributed by atoms with Crippen molar-refractivity contribution in [3.05, 3.63) is 0 Å². The molecule has 10 heavy (non-hydrogen) atoms. The van der Waals surface area contributed by atoms with Crippen LogP contribution in [0.5, 0.6) is 0 Å². The SMILES string of the molecule is CC1(C)CCC(C2CC2)C1. The molecule has 0 heteroatoms. The summed E-state index contributed by atoms with van der Waals surface area (Å²) in [6, 6.07) is 0. The molecule has 2 saturated carbocycles. The maximum absolute atomic E-state index is 2.43. The fraction of sp³-hybridized carbons (Fsp3) is 1.00. The molecular formula is C10H18. The standard InChI is InChI=1S/C10H18/c1-10(2)6-5-9(7-10)8-3-4-8/h8-9H,3-7H2,1-2H3. The first kappa shape index (κ1) is 6.69. The van der Waals surface area contributed by atoms with Crippen LogP contribution in [0.1, 0.15) is 46.0 Å². The molecule has 1 unspecified atom stereocenters. The molecule has 0 N–H and O–H groups in total. The summed E-state index contributed by atoms with van der Waals surface area (Å²) in [5, 5.41) is 0.